The summed E-state index contributed by atoms with van der Waals surface area (Å²) in [6.07, 6.45) is 6.24. The number of hydrogen-bond acceptors (Lipinski definition) is 3. The molecule has 1 aliphatic carbocycles. The van der Waals surface area contributed by atoms with E-state index in [1.165, 1.54) is 0 Å². The highest BCUT2D eigenvalue weighted by Crippen LogP contribution is 2.23. The van der Waals surface area contributed by atoms with E-state index >= 15 is 0 Å². The molecule has 2 rings (SSSR count). The second-order valence-electron chi connectivity index (χ2n) is 7.64. The van der Waals surface area contributed by atoms with Gasteiger partial charge in [0.25, 0.3) is 0 Å². The number of nitrogens with zero attached hydrogens (tertiary/aromatic N) is 1. The Balaban J connectivity index is 1.98. The molecule has 1 aromatic carbocycles. The largest absolute Gasteiger partial charge is 0.357 e. The average Bonchev–Trinajstić information content (AvgIpc) is 3.07. The minimum absolute atomic E-state index is 0.00134. The number of guanidine groups is 1. The highest BCUT2D eigenvalue weighted by Gasteiger charge is 2.18. The van der Waals surface area contributed by atoms with Gasteiger partial charge in [0.05, 0.1) is 17.2 Å². The molecule has 0 spiro atoms. The van der Waals surface area contributed by atoms with Gasteiger partial charge < -0.3 is 10.6 Å². The van der Waals surface area contributed by atoms with Crippen molar-refractivity contribution in [3.63, 3.8) is 0 Å². The van der Waals surface area contributed by atoms with Gasteiger partial charge in [-0.05, 0) is 42.9 Å². The Morgan fingerprint density at radius 3 is 2.31 bits per heavy atom. The van der Waals surface area contributed by atoms with Crippen LogP contribution in [0.1, 0.15) is 46.1 Å². The van der Waals surface area contributed by atoms with Crippen molar-refractivity contribution in [1.82, 2.24) is 10.6 Å². The number of aliphatic imine (C=N–C) groups is 1. The maximum absolute atomic E-state index is 12.6. The van der Waals surface area contributed by atoms with E-state index in [4.69, 9.17) is 0 Å². The topological polar surface area (TPSA) is 70.6 Å². The van der Waals surface area contributed by atoms with Gasteiger partial charge in [-0.3, -0.25) is 4.99 Å². The summed E-state index contributed by atoms with van der Waals surface area (Å²) < 4.78 is 25.1. The molecule has 6 heteroatoms. The Morgan fingerprint density at radius 2 is 1.77 bits per heavy atom. The molecule has 0 fully saturated rings. The zero-order chi connectivity index (χ0) is 19.2. The van der Waals surface area contributed by atoms with Crippen LogP contribution < -0.4 is 10.6 Å². The van der Waals surface area contributed by atoms with Crippen molar-refractivity contribution in [2.24, 2.45) is 4.99 Å². The smallest absolute Gasteiger partial charge is 0.191 e. The molecule has 144 valence electrons. The summed E-state index contributed by atoms with van der Waals surface area (Å²) in [6, 6.07) is 7.54. The fraction of sp³-hybridized carbons (Fsp3) is 0.550. The molecule has 0 heterocycles. The summed E-state index contributed by atoms with van der Waals surface area (Å²) in [5.74, 6) is 0.681. The summed E-state index contributed by atoms with van der Waals surface area (Å²) in [5, 5.41) is 6.52. The first kappa shape index (κ1) is 20.5. The van der Waals surface area contributed by atoms with Gasteiger partial charge in [0.1, 0.15) is 0 Å². The number of sulfone groups is 1. The fourth-order valence-corrected chi connectivity index (χ4v) is 3.92. The van der Waals surface area contributed by atoms with Gasteiger partial charge in [0.2, 0.25) is 0 Å². The van der Waals surface area contributed by atoms with Crippen molar-refractivity contribution >= 4 is 15.8 Å². The van der Waals surface area contributed by atoms with Crippen LogP contribution in [0.2, 0.25) is 0 Å². The predicted octanol–water partition coefficient (Wildman–Crippen LogP) is 3.03. The number of nitrogens with one attached hydrogen (secondary N) is 2. The van der Waals surface area contributed by atoms with Crippen LogP contribution >= 0.6 is 0 Å². The molecule has 0 bridgehead atoms. The standard InChI is InChI=1S/C20H31N3O2S/c1-5-21-19(23-17-8-6-7-9-17)22-14-15-26(24,25)18-12-10-16(11-13-18)20(2,3)4/h6-7,10-13,17H,5,8-9,14-15H2,1-4H3,(H2,21,22,23). The summed E-state index contributed by atoms with van der Waals surface area (Å²) in [4.78, 5) is 4.79. The highest BCUT2D eigenvalue weighted by molar-refractivity contribution is 7.91. The molecule has 0 saturated carbocycles. The number of rotatable bonds is 6. The van der Waals surface area contributed by atoms with Crippen molar-refractivity contribution in [1.29, 1.82) is 0 Å². The van der Waals surface area contributed by atoms with Crippen LogP contribution in [0.15, 0.2) is 46.3 Å². The molecule has 0 amide bonds. The lowest BCUT2D eigenvalue weighted by atomic mass is 9.87. The SMILES string of the molecule is CCNC(=NCCS(=O)(=O)c1ccc(C(C)(C)C)cc1)NC1CC=CC1. The number of benzene rings is 1. The molecule has 0 unspecified atom stereocenters. The van der Waals surface area contributed by atoms with E-state index in [9.17, 15) is 8.42 Å². The van der Waals surface area contributed by atoms with E-state index in [0.29, 0.717) is 16.9 Å². The van der Waals surface area contributed by atoms with Gasteiger partial charge in [-0.1, -0.05) is 45.1 Å². The Morgan fingerprint density at radius 1 is 1.15 bits per heavy atom. The van der Waals surface area contributed by atoms with E-state index in [-0.39, 0.29) is 17.7 Å². The van der Waals surface area contributed by atoms with E-state index in [1.807, 2.05) is 19.1 Å². The minimum Gasteiger partial charge on any atom is -0.357 e. The Hall–Kier alpha value is -1.82. The van der Waals surface area contributed by atoms with E-state index in [2.05, 4.69) is 48.5 Å². The second-order valence-corrected chi connectivity index (χ2v) is 9.75. The zero-order valence-corrected chi connectivity index (χ0v) is 17.1. The molecule has 0 aromatic heterocycles. The lowest BCUT2D eigenvalue weighted by molar-refractivity contribution is 0.586. The van der Waals surface area contributed by atoms with E-state index < -0.39 is 9.84 Å². The third-order valence-electron chi connectivity index (χ3n) is 4.40. The molecular weight excluding hydrogens is 346 g/mol. The third-order valence-corrected chi connectivity index (χ3v) is 6.11. The van der Waals surface area contributed by atoms with Crippen LogP contribution in [-0.4, -0.2) is 39.3 Å². The van der Waals surface area contributed by atoms with Crippen LogP contribution in [-0.2, 0) is 15.3 Å². The van der Waals surface area contributed by atoms with Crippen LogP contribution in [0.5, 0.6) is 0 Å². The van der Waals surface area contributed by atoms with Crippen LogP contribution in [0.4, 0.5) is 0 Å². The van der Waals surface area contributed by atoms with Crippen LogP contribution in [0.3, 0.4) is 0 Å². The van der Waals surface area contributed by atoms with Gasteiger partial charge in [-0.15, -0.1) is 0 Å². The minimum atomic E-state index is -3.34. The molecule has 0 saturated heterocycles. The summed E-state index contributed by atoms with van der Waals surface area (Å²) >= 11 is 0. The fourth-order valence-electron chi connectivity index (χ4n) is 2.81. The van der Waals surface area contributed by atoms with Gasteiger partial charge in [-0.2, -0.15) is 0 Å². The lowest BCUT2D eigenvalue weighted by Crippen LogP contribution is -2.42. The first-order valence-corrected chi connectivity index (χ1v) is 10.9. The van der Waals surface area contributed by atoms with Crippen molar-refractivity contribution in [2.75, 3.05) is 18.8 Å². The normalized spacial score (nSPS) is 16.1. The Labute approximate surface area is 157 Å². The maximum atomic E-state index is 12.6. The molecule has 26 heavy (non-hydrogen) atoms. The first-order valence-electron chi connectivity index (χ1n) is 9.25. The van der Waals surface area contributed by atoms with Gasteiger partial charge in [-0.25, -0.2) is 8.42 Å². The molecule has 2 N–H and O–H groups in total. The summed E-state index contributed by atoms with van der Waals surface area (Å²) in [5.41, 5.74) is 1.13. The van der Waals surface area contributed by atoms with Gasteiger partial charge in [0.15, 0.2) is 15.8 Å². The summed E-state index contributed by atoms with van der Waals surface area (Å²) in [7, 11) is -3.34. The molecule has 0 atom stereocenters. The van der Waals surface area contributed by atoms with E-state index in [0.717, 1.165) is 24.9 Å². The molecule has 1 aromatic rings. The highest BCUT2D eigenvalue weighted by atomic mass is 32.2. The molecular formula is C20H31N3O2S. The predicted molar refractivity (Wildman–Crippen MR) is 108 cm³/mol. The maximum Gasteiger partial charge on any atom is 0.191 e. The Kier molecular flexibility index (Phi) is 6.87. The molecule has 5 nitrogen and oxygen atoms in total. The molecule has 0 radical (unpaired) electrons. The van der Waals surface area contributed by atoms with Crippen LogP contribution in [0.25, 0.3) is 0 Å². The van der Waals surface area contributed by atoms with E-state index in [1.54, 1.807) is 12.1 Å². The first-order chi connectivity index (χ1) is 12.2. The van der Waals surface area contributed by atoms with Crippen molar-refractivity contribution in [2.45, 2.75) is 56.9 Å². The Bertz CT molecular complexity index is 736. The quantitative estimate of drug-likeness (QED) is 0.454. The zero-order valence-electron chi connectivity index (χ0n) is 16.2. The lowest BCUT2D eigenvalue weighted by Gasteiger charge is -2.19. The van der Waals surface area contributed by atoms with Crippen molar-refractivity contribution in [3.8, 4) is 0 Å². The van der Waals surface area contributed by atoms with Crippen molar-refractivity contribution in [3.05, 3.63) is 42.0 Å². The van der Waals surface area contributed by atoms with Gasteiger partial charge in [0, 0.05) is 12.6 Å². The second kappa shape index (κ2) is 8.71. The summed E-state index contributed by atoms with van der Waals surface area (Å²) in [6.45, 7) is 9.31. The average molecular weight is 378 g/mol. The monoisotopic (exact) mass is 377 g/mol. The number of hydrogen-bond donors (Lipinski definition) is 2. The third kappa shape index (κ3) is 5.87. The molecule has 1 aliphatic rings. The van der Waals surface area contributed by atoms with Crippen LogP contribution in [0, 0.1) is 0 Å². The van der Waals surface area contributed by atoms with Gasteiger partial charge >= 0.3 is 0 Å². The molecule has 0 aliphatic heterocycles. The van der Waals surface area contributed by atoms with Crippen molar-refractivity contribution < 1.29 is 8.42 Å².